The normalized spacial score (nSPS) is 25.1. The first kappa shape index (κ1) is 23.4. The molecule has 7 nitrogen and oxygen atoms in total. The molecule has 1 N–H and O–H groups in total. The fraction of sp³-hybridized carbons (Fsp3) is 0.545. The molecule has 3 atom stereocenters. The van der Waals surface area contributed by atoms with E-state index < -0.39 is 42.5 Å². The third-order valence-electron chi connectivity index (χ3n) is 6.42. The van der Waals surface area contributed by atoms with Gasteiger partial charge in [0.2, 0.25) is 0 Å². The van der Waals surface area contributed by atoms with Crippen molar-refractivity contribution in [3.05, 3.63) is 53.7 Å². The lowest BCUT2D eigenvalue weighted by molar-refractivity contribution is 0.141. The molecule has 2 aliphatic heterocycles. The number of hydrogen-bond acceptors (Lipinski definition) is 7. The molecule has 0 radical (unpaired) electrons. The first-order valence-electron chi connectivity index (χ1n) is 10.9. The van der Waals surface area contributed by atoms with E-state index in [1.165, 1.54) is 19.4 Å². The summed E-state index contributed by atoms with van der Waals surface area (Å²) in [4.78, 5) is 2.28. The molecule has 0 spiro atoms. The van der Waals surface area contributed by atoms with Crippen LogP contribution in [0.25, 0.3) is 0 Å². The van der Waals surface area contributed by atoms with Crippen molar-refractivity contribution in [1.82, 2.24) is 10.2 Å². The zero-order valence-corrected chi connectivity index (χ0v) is 19.7. The largest absolute Gasteiger partial charge is 0.468 e. The molecular formula is C22H29FN2O5S2. The van der Waals surface area contributed by atoms with Crippen LogP contribution in [-0.2, 0) is 19.7 Å². The third-order valence-corrected chi connectivity index (χ3v) is 10.7. The van der Waals surface area contributed by atoms with Crippen molar-refractivity contribution < 1.29 is 25.6 Å². The molecule has 3 heterocycles. The second kappa shape index (κ2) is 9.24. The van der Waals surface area contributed by atoms with E-state index in [2.05, 4.69) is 10.2 Å². The van der Waals surface area contributed by atoms with Crippen molar-refractivity contribution in [3.8, 4) is 0 Å². The van der Waals surface area contributed by atoms with E-state index in [9.17, 15) is 21.2 Å². The predicted octanol–water partition coefficient (Wildman–Crippen LogP) is 2.48. The lowest BCUT2D eigenvalue weighted by atomic mass is 10.1. The number of nitrogens with zero attached hydrogens (tertiary/aromatic N) is 1. The van der Waals surface area contributed by atoms with E-state index >= 15 is 0 Å². The fourth-order valence-corrected chi connectivity index (χ4v) is 9.73. The van der Waals surface area contributed by atoms with Crippen LogP contribution in [0.5, 0.6) is 0 Å². The van der Waals surface area contributed by atoms with E-state index in [1.54, 1.807) is 6.26 Å². The summed E-state index contributed by atoms with van der Waals surface area (Å²) >= 11 is 0. The van der Waals surface area contributed by atoms with Crippen LogP contribution in [-0.4, -0.2) is 64.2 Å². The van der Waals surface area contributed by atoms with Gasteiger partial charge in [-0.25, -0.2) is 21.2 Å². The van der Waals surface area contributed by atoms with Crippen LogP contribution in [0.1, 0.15) is 36.6 Å². The molecule has 0 amide bonds. The molecule has 1 aromatic heterocycles. The highest BCUT2D eigenvalue weighted by Gasteiger charge is 2.46. The van der Waals surface area contributed by atoms with Crippen LogP contribution >= 0.6 is 0 Å². The smallest absolute Gasteiger partial charge is 0.184 e. The number of piperidine rings is 1. The average molecular weight is 485 g/mol. The van der Waals surface area contributed by atoms with Crippen LogP contribution in [0.2, 0.25) is 0 Å². The summed E-state index contributed by atoms with van der Waals surface area (Å²) in [7, 11) is -7.51. The quantitative estimate of drug-likeness (QED) is 0.603. The van der Waals surface area contributed by atoms with Gasteiger partial charge in [-0.05, 0) is 68.8 Å². The molecule has 2 saturated heterocycles. The van der Waals surface area contributed by atoms with Crippen LogP contribution in [0, 0.1) is 12.7 Å². The Morgan fingerprint density at radius 3 is 2.59 bits per heavy atom. The molecule has 10 heteroatoms. The maximum atomic E-state index is 13.5. The number of nitrogens with one attached hydrogen (secondary N) is 1. The Labute approximate surface area is 188 Å². The monoisotopic (exact) mass is 484 g/mol. The topological polar surface area (TPSA) is 96.7 Å². The van der Waals surface area contributed by atoms with Crippen molar-refractivity contribution in [2.24, 2.45) is 0 Å². The molecule has 176 valence electrons. The van der Waals surface area contributed by atoms with E-state index in [0.717, 1.165) is 43.8 Å². The van der Waals surface area contributed by atoms with Gasteiger partial charge in [-0.1, -0.05) is 6.42 Å². The van der Waals surface area contributed by atoms with Gasteiger partial charge in [0, 0.05) is 12.6 Å². The number of furan rings is 1. The number of likely N-dealkylation sites (tertiary alicyclic amines) is 1. The Hall–Kier alpha value is -1.75. The third kappa shape index (κ3) is 4.93. The molecule has 0 aliphatic carbocycles. The molecule has 2 aliphatic rings. The Morgan fingerprint density at radius 2 is 1.94 bits per heavy atom. The number of benzene rings is 1. The molecular weight excluding hydrogens is 455 g/mol. The fourth-order valence-electron chi connectivity index (χ4n) is 4.79. The number of halogens is 1. The van der Waals surface area contributed by atoms with Gasteiger partial charge in [-0.2, -0.15) is 0 Å². The van der Waals surface area contributed by atoms with E-state index in [1.807, 2.05) is 12.1 Å². The number of hydrogen-bond donors (Lipinski definition) is 1. The summed E-state index contributed by atoms with van der Waals surface area (Å²) in [5, 5.41) is 2.12. The van der Waals surface area contributed by atoms with Crippen molar-refractivity contribution in [2.45, 2.75) is 48.4 Å². The second-order valence-electron chi connectivity index (χ2n) is 8.71. The minimum atomic E-state index is -3.98. The summed E-state index contributed by atoms with van der Waals surface area (Å²) in [5.74, 6) is -0.451. The second-order valence-corrected chi connectivity index (χ2v) is 13.0. The lowest BCUT2D eigenvalue weighted by Gasteiger charge is -2.34. The Balaban J connectivity index is 1.58. The van der Waals surface area contributed by atoms with Crippen LogP contribution in [0.15, 0.2) is 45.9 Å². The molecule has 4 rings (SSSR count). The molecule has 0 bridgehead atoms. The minimum Gasteiger partial charge on any atom is -0.468 e. The molecule has 1 aromatic carbocycles. The predicted molar refractivity (Wildman–Crippen MR) is 119 cm³/mol. The summed E-state index contributed by atoms with van der Waals surface area (Å²) in [6, 6.07) is 6.32. The maximum absolute atomic E-state index is 13.5. The van der Waals surface area contributed by atoms with E-state index in [4.69, 9.17) is 4.42 Å². The highest BCUT2D eigenvalue weighted by molar-refractivity contribution is 7.96. The van der Waals surface area contributed by atoms with Gasteiger partial charge in [0.05, 0.1) is 34.0 Å². The highest BCUT2D eigenvalue weighted by atomic mass is 32.2. The van der Waals surface area contributed by atoms with E-state index in [-0.39, 0.29) is 22.3 Å². The first-order valence-corrected chi connectivity index (χ1v) is 14.3. The van der Waals surface area contributed by atoms with Gasteiger partial charge in [0.15, 0.2) is 19.7 Å². The number of rotatable bonds is 7. The maximum Gasteiger partial charge on any atom is 0.184 e. The number of sulfone groups is 2. The van der Waals surface area contributed by atoms with Gasteiger partial charge >= 0.3 is 0 Å². The van der Waals surface area contributed by atoms with Gasteiger partial charge < -0.3 is 9.73 Å². The van der Waals surface area contributed by atoms with Gasteiger partial charge in [-0.3, -0.25) is 4.90 Å². The zero-order chi connectivity index (χ0) is 22.9. The van der Waals surface area contributed by atoms with Gasteiger partial charge in [0.25, 0.3) is 0 Å². The minimum absolute atomic E-state index is 0.0218. The summed E-state index contributed by atoms with van der Waals surface area (Å²) in [6.45, 7) is 3.71. The Bertz CT molecular complexity index is 1140. The standard InChI is InChI=1S/C22H29FN2O5S2/c1-16-12-17(23)7-8-21(16)32(28,29)22-15-31(26,27)14-18(22)24-13-19(20-6-5-11-30-20)25-9-3-2-4-10-25/h5-8,11-12,18-19,22,24H,2-4,9-10,13-15H2,1H3/t18-,19?,22-/m0/s1. The van der Waals surface area contributed by atoms with Crippen LogP contribution in [0.3, 0.4) is 0 Å². The summed E-state index contributed by atoms with van der Waals surface area (Å²) < 4.78 is 70.8. The first-order chi connectivity index (χ1) is 15.2. The highest BCUT2D eigenvalue weighted by Crippen LogP contribution is 2.30. The van der Waals surface area contributed by atoms with Crippen molar-refractivity contribution >= 4 is 19.7 Å². The van der Waals surface area contributed by atoms with Crippen LogP contribution < -0.4 is 5.32 Å². The van der Waals surface area contributed by atoms with Crippen LogP contribution in [0.4, 0.5) is 4.39 Å². The molecule has 0 saturated carbocycles. The number of aryl methyl sites for hydroxylation is 1. The SMILES string of the molecule is Cc1cc(F)ccc1S(=O)(=O)[C@H]1CS(=O)(=O)C[C@@H]1NCC(c1ccco1)N1CCCCC1. The molecule has 2 fully saturated rings. The van der Waals surface area contributed by atoms with E-state index in [0.29, 0.717) is 6.54 Å². The Kier molecular flexibility index (Phi) is 6.76. The van der Waals surface area contributed by atoms with Gasteiger partial charge in [0.1, 0.15) is 11.6 Å². The zero-order valence-electron chi connectivity index (χ0n) is 18.0. The van der Waals surface area contributed by atoms with Crippen molar-refractivity contribution in [2.75, 3.05) is 31.1 Å². The summed E-state index contributed by atoms with van der Waals surface area (Å²) in [5.41, 5.74) is 0.273. The van der Waals surface area contributed by atoms with Crippen molar-refractivity contribution in [1.29, 1.82) is 0 Å². The Morgan fingerprint density at radius 1 is 1.19 bits per heavy atom. The lowest BCUT2D eigenvalue weighted by Crippen LogP contribution is -2.47. The average Bonchev–Trinajstić information content (AvgIpc) is 3.37. The summed E-state index contributed by atoms with van der Waals surface area (Å²) in [6.07, 6.45) is 4.94. The van der Waals surface area contributed by atoms with Crippen molar-refractivity contribution in [3.63, 3.8) is 0 Å². The molecule has 2 aromatic rings. The molecule has 32 heavy (non-hydrogen) atoms. The molecule has 1 unspecified atom stereocenters. The van der Waals surface area contributed by atoms with Gasteiger partial charge in [-0.15, -0.1) is 0 Å².